The van der Waals surface area contributed by atoms with Crippen molar-refractivity contribution in [2.75, 3.05) is 6.54 Å². The summed E-state index contributed by atoms with van der Waals surface area (Å²) in [4.78, 5) is 2.24. The Hall–Kier alpha value is -0.930. The van der Waals surface area contributed by atoms with Crippen molar-refractivity contribution in [1.82, 2.24) is 4.90 Å². The van der Waals surface area contributed by atoms with Crippen LogP contribution in [0.4, 0.5) is 4.39 Å². The third-order valence-electron chi connectivity index (χ3n) is 3.74. The maximum absolute atomic E-state index is 13.3. The molecule has 2 nitrogen and oxygen atoms in total. The van der Waals surface area contributed by atoms with Crippen molar-refractivity contribution in [3.8, 4) is 0 Å². The van der Waals surface area contributed by atoms with Gasteiger partial charge < -0.3 is 5.11 Å². The number of halogens is 1. The third kappa shape index (κ3) is 2.22. The van der Waals surface area contributed by atoms with Crippen LogP contribution in [0.5, 0.6) is 0 Å². The van der Waals surface area contributed by atoms with E-state index in [9.17, 15) is 9.50 Å². The minimum atomic E-state index is -0.328. The smallest absolute Gasteiger partial charge is 0.123 e. The molecular formula is C14H20FNO. The van der Waals surface area contributed by atoms with Gasteiger partial charge >= 0.3 is 0 Å². The monoisotopic (exact) mass is 237 g/mol. The van der Waals surface area contributed by atoms with E-state index in [0.29, 0.717) is 19.0 Å². The fourth-order valence-corrected chi connectivity index (χ4v) is 2.96. The zero-order valence-corrected chi connectivity index (χ0v) is 10.7. The lowest BCUT2D eigenvalue weighted by Crippen LogP contribution is -2.43. The van der Waals surface area contributed by atoms with Crippen LogP contribution < -0.4 is 0 Å². The van der Waals surface area contributed by atoms with Crippen LogP contribution in [0.25, 0.3) is 0 Å². The van der Waals surface area contributed by atoms with Crippen molar-refractivity contribution in [1.29, 1.82) is 0 Å². The summed E-state index contributed by atoms with van der Waals surface area (Å²) >= 11 is 0. The van der Waals surface area contributed by atoms with Gasteiger partial charge in [0.25, 0.3) is 0 Å². The molecule has 1 aliphatic heterocycles. The van der Waals surface area contributed by atoms with Crippen LogP contribution in [-0.4, -0.2) is 28.7 Å². The first-order valence-electron chi connectivity index (χ1n) is 6.14. The van der Waals surface area contributed by atoms with Crippen molar-refractivity contribution in [3.05, 3.63) is 35.6 Å². The highest BCUT2D eigenvalue weighted by Crippen LogP contribution is 2.40. The normalized spacial score (nSPS) is 30.1. The average molecular weight is 237 g/mol. The number of likely N-dealkylation sites (tertiary alicyclic amines) is 1. The topological polar surface area (TPSA) is 23.5 Å². The predicted octanol–water partition coefficient (Wildman–Crippen LogP) is 2.52. The van der Waals surface area contributed by atoms with E-state index in [-0.39, 0.29) is 17.5 Å². The summed E-state index contributed by atoms with van der Waals surface area (Å²) in [6, 6.07) is 7.04. The van der Waals surface area contributed by atoms with Crippen molar-refractivity contribution < 1.29 is 9.50 Å². The maximum atomic E-state index is 13.3. The summed E-state index contributed by atoms with van der Waals surface area (Å²) < 4.78 is 13.3. The molecule has 94 valence electrons. The Morgan fingerprint density at radius 3 is 2.76 bits per heavy atom. The molecule has 1 saturated heterocycles. The van der Waals surface area contributed by atoms with E-state index in [1.807, 2.05) is 6.07 Å². The Kier molecular flexibility index (Phi) is 3.23. The van der Waals surface area contributed by atoms with Crippen molar-refractivity contribution in [3.63, 3.8) is 0 Å². The summed E-state index contributed by atoms with van der Waals surface area (Å²) in [6.45, 7) is 6.95. The van der Waals surface area contributed by atoms with Gasteiger partial charge in [-0.2, -0.15) is 0 Å². The van der Waals surface area contributed by atoms with E-state index in [1.54, 1.807) is 12.1 Å². The van der Waals surface area contributed by atoms with E-state index >= 15 is 0 Å². The Morgan fingerprint density at radius 1 is 1.47 bits per heavy atom. The lowest BCUT2D eigenvalue weighted by atomic mass is 9.88. The predicted molar refractivity (Wildman–Crippen MR) is 66.2 cm³/mol. The van der Waals surface area contributed by atoms with Gasteiger partial charge in [-0.1, -0.05) is 12.1 Å². The first-order chi connectivity index (χ1) is 7.93. The number of hydrogen-bond acceptors (Lipinski definition) is 2. The molecule has 0 spiro atoms. The molecule has 2 unspecified atom stereocenters. The molecule has 1 fully saturated rings. The standard InChI is InChI=1S/C14H20FNO/c1-10(2)16-9-13(17)8-14(16,3)11-5-4-6-12(15)7-11/h4-7,10,13,17H,8-9H2,1-3H3. The summed E-state index contributed by atoms with van der Waals surface area (Å²) in [6.07, 6.45) is 0.333. The Labute approximate surface area is 102 Å². The van der Waals surface area contributed by atoms with Gasteiger partial charge in [-0.15, -0.1) is 0 Å². The lowest BCUT2D eigenvalue weighted by molar-refractivity contribution is 0.113. The lowest BCUT2D eigenvalue weighted by Gasteiger charge is -2.38. The number of aliphatic hydroxyl groups excluding tert-OH is 1. The molecule has 0 saturated carbocycles. The van der Waals surface area contributed by atoms with E-state index < -0.39 is 0 Å². The van der Waals surface area contributed by atoms with Crippen molar-refractivity contribution in [2.24, 2.45) is 0 Å². The van der Waals surface area contributed by atoms with Gasteiger partial charge in [-0.3, -0.25) is 4.90 Å². The summed E-state index contributed by atoms with van der Waals surface area (Å²) in [7, 11) is 0. The Morgan fingerprint density at radius 2 is 2.18 bits per heavy atom. The molecule has 0 amide bonds. The first-order valence-corrected chi connectivity index (χ1v) is 6.14. The van der Waals surface area contributed by atoms with Crippen molar-refractivity contribution >= 4 is 0 Å². The fraction of sp³-hybridized carbons (Fsp3) is 0.571. The van der Waals surface area contributed by atoms with E-state index in [2.05, 4.69) is 25.7 Å². The molecule has 1 aromatic rings. The highest BCUT2D eigenvalue weighted by atomic mass is 19.1. The summed E-state index contributed by atoms with van der Waals surface area (Å²) in [5.41, 5.74) is 0.679. The Balaban J connectivity index is 2.40. The molecule has 0 aromatic heterocycles. The second-order valence-corrected chi connectivity index (χ2v) is 5.39. The minimum absolute atomic E-state index is 0.214. The molecule has 2 atom stereocenters. The number of nitrogens with zero attached hydrogens (tertiary/aromatic N) is 1. The summed E-state index contributed by atoms with van der Waals surface area (Å²) in [5.74, 6) is -0.214. The number of β-amino-alcohol motifs (C(OH)–C–C–N with tert-alkyl or cyclic N) is 1. The van der Waals surface area contributed by atoms with Crippen LogP contribution in [0.15, 0.2) is 24.3 Å². The van der Waals surface area contributed by atoms with Gasteiger partial charge in [0.1, 0.15) is 5.82 Å². The number of benzene rings is 1. The van der Waals surface area contributed by atoms with Gasteiger partial charge in [0.2, 0.25) is 0 Å². The molecule has 2 rings (SSSR count). The number of rotatable bonds is 2. The zero-order valence-electron chi connectivity index (χ0n) is 10.7. The van der Waals surface area contributed by atoms with Crippen LogP contribution in [-0.2, 0) is 5.54 Å². The minimum Gasteiger partial charge on any atom is -0.392 e. The van der Waals surface area contributed by atoms with Crippen LogP contribution in [0.2, 0.25) is 0 Å². The molecule has 3 heteroatoms. The Bertz CT molecular complexity index is 407. The molecule has 1 aliphatic rings. The quantitative estimate of drug-likeness (QED) is 0.854. The molecule has 1 heterocycles. The summed E-state index contributed by atoms with van der Waals surface area (Å²) in [5, 5.41) is 9.88. The van der Waals surface area contributed by atoms with E-state index in [1.165, 1.54) is 6.07 Å². The molecule has 17 heavy (non-hydrogen) atoms. The van der Waals surface area contributed by atoms with E-state index in [4.69, 9.17) is 0 Å². The van der Waals surface area contributed by atoms with Crippen LogP contribution in [0.3, 0.4) is 0 Å². The van der Waals surface area contributed by atoms with Crippen LogP contribution >= 0.6 is 0 Å². The second kappa shape index (κ2) is 4.39. The van der Waals surface area contributed by atoms with Crippen LogP contribution in [0, 0.1) is 5.82 Å². The highest BCUT2D eigenvalue weighted by Gasteiger charge is 2.43. The van der Waals surface area contributed by atoms with Gasteiger partial charge in [0, 0.05) is 18.1 Å². The van der Waals surface area contributed by atoms with Gasteiger partial charge in [-0.05, 0) is 44.9 Å². The third-order valence-corrected chi connectivity index (χ3v) is 3.74. The molecule has 0 bridgehead atoms. The van der Waals surface area contributed by atoms with Gasteiger partial charge in [-0.25, -0.2) is 4.39 Å². The average Bonchev–Trinajstić information content (AvgIpc) is 2.55. The fourth-order valence-electron chi connectivity index (χ4n) is 2.96. The molecule has 1 N–H and O–H groups in total. The van der Waals surface area contributed by atoms with Gasteiger partial charge in [0.15, 0.2) is 0 Å². The van der Waals surface area contributed by atoms with E-state index in [0.717, 1.165) is 5.56 Å². The largest absolute Gasteiger partial charge is 0.392 e. The maximum Gasteiger partial charge on any atom is 0.123 e. The van der Waals surface area contributed by atoms with Crippen molar-refractivity contribution in [2.45, 2.75) is 44.9 Å². The SMILES string of the molecule is CC(C)N1CC(O)CC1(C)c1cccc(F)c1. The second-order valence-electron chi connectivity index (χ2n) is 5.39. The molecule has 0 aliphatic carbocycles. The molecule has 0 radical (unpaired) electrons. The zero-order chi connectivity index (χ0) is 12.6. The highest BCUT2D eigenvalue weighted by molar-refractivity contribution is 5.26. The molecular weight excluding hydrogens is 217 g/mol. The first kappa shape index (κ1) is 12.5. The number of hydrogen-bond donors (Lipinski definition) is 1. The van der Waals surface area contributed by atoms with Crippen LogP contribution in [0.1, 0.15) is 32.8 Å². The van der Waals surface area contributed by atoms with Gasteiger partial charge in [0.05, 0.1) is 6.10 Å². The number of aliphatic hydroxyl groups is 1. The molecule has 1 aromatic carbocycles.